The topological polar surface area (TPSA) is 38.3 Å². The summed E-state index contributed by atoms with van der Waals surface area (Å²) in [6.45, 7) is 5.69. The molecule has 0 aromatic rings. The summed E-state index contributed by atoms with van der Waals surface area (Å²) < 4.78 is 5.14. The Morgan fingerprint density at radius 2 is 2.38 bits per heavy atom. The molecule has 76 valence electrons. The van der Waals surface area contributed by atoms with Crippen molar-refractivity contribution in [3.63, 3.8) is 0 Å². The Morgan fingerprint density at radius 3 is 2.92 bits per heavy atom. The Bertz CT molecular complexity index is 170. The van der Waals surface area contributed by atoms with Crippen molar-refractivity contribution in [2.75, 3.05) is 13.2 Å². The van der Waals surface area contributed by atoms with E-state index in [1.807, 2.05) is 0 Å². The number of carbonyl (C=O) groups is 1. The molecule has 2 unspecified atom stereocenters. The second kappa shape index (κ2) is 5.22. The second-order valence-corrected chi connectivity index (χ2v) is 3.72. The van der Waals surface area contributed by atoms with Gasteiger partial charge in [0.05, 0.1) is 6.61 Å². The fraction of sp³-hybridized carbons (Fsp3) is 0.900. The monoisotopic (exact) mass is 185 g/mol. The van der Waals surface area contributed by atoms with Crippen LogP contribution < -0.4 is 5.32 Å². The number of hydrogen-bond acceptors (Lipinski definition) is 3. The van der Waals surface area contributed by atoms with Crippen LogP contribution in [-0.2, 0) is 9.53 Å². The lowest BCUT2D eigenvalue weighted by molar-refractivity contribution is -0.146. The predicted octanol–water partition coefficient (Wildman–Crippen LogP) is 1.33. The van der Waals surface area contributed by atoms with Gasteiger partial charge in [-0.15, -0.1) is 0 Å². The Kier molecular flexibility index (Phi) is 4.22. The summed E-state index contributed by atoms with van der Waals surface area (Å²) in [5.41, 5.74) is 0. The van der Waals surface area contributed by atoms with E-state index in [1.165, 1.54) is 0 Å². The van der Waals surface area contributed by atoms with Crippen LogP contribution in [0.2, 0.25) is 0 Å². The third-order valence-corrected chi connectivity index (χ3v) is 2.53. The lowest BCUT2D eigenvalue weighted by Gasteiger charge is -2.14. The van der Waals surface area contributed by atoms with Crippen LogP contribution in [0.4, 0.5) is 0 Å². The fourth-order valence-corrected chi connectivity index (χ4v) is 1.56. The Hall–Kier alpha value is -0.570. The highest BCUT2D eigenvalue weighted by Crippen LogP contribution is 2.15. The molecule has 0 aromatic carbocycles. The zero-order valence-electron chi connectivity index (χ0n) is 8.51. The van der Waals surface area contributed by atoms with Crippen molar-refractivity contribution in [2.45, 2.75) is 39.2 Å². The van der Waals surface area contributed by atoms with Crippen LogP contribution in [0.5, 0.6) is 0 Å². The average Bonchev–Trinajstić information content (AvgIpc) is 2.52. The molecule has 1 heterocycles. The van der Waals surface area contributed by atoms with E-state index in [9.17, 15) is 4.79 Å². The molecule has 1 aliphatic rings. The van der Waals surface area contributed by atoms with Gasteiger partial charge in [-0.3, -0.25) is 4.79 Å². The van der Waals surface area contributed by atoms with Crippen molar-refractivity contribution in [3.05, 3.63) is 0 Å². The van der Waals surface area contributed by atoms with E-state index in [-0.39, 0.29) is 12.0 Å². The van der Waals surface area contributed by atoms with Gasteiger partial charge in [0.2, 0.25) is 0 Å². The first-order valence-corrected chi connectivity index (χ1v) is 5.15. The lowest BCUT2D eigenvalue weighted by Crippen LogP contribution is -2.36. The average molecular weight is 185 g/mol. The summed E-state index contributed by atoms with van der Waals surface area (Å²) in [7, 11) is 0. The molecule has 3 heteroatoms. The highest BCUT2D eigenvalue weighted by atomic mass is 16.5. The normalized spacial score (nSPS) is 27.5. The minimum Gasteiger partial charge on any atom is -0.465 e. The number of ether oxygens (including phenoxy) is 1. The van der Waals surface area contributed by atoms with Gasteiger partial charge in [-0.1, -0.05) is 20.3 Å². The van der Waals surface area contributed by atoms with E-state index in [0.29, 0.717) is 12.5 Å². The maximum absolute atomic E-state index is 11.4. The third kappa shape index (κ3) is 2.99. The van der Waals surface area contributed by atoms with Crippen LogP contribution >= 0.6 is 0 Å². The number of hydrogen-bond donors (Lipinski definition) is 1. The molecule has 3 nitrogen and oxygen atoms in total. The van der Waals surface area contributed by atoms with Crippen LogP contribution in [0.1, 0.15) is 33.1 Å². The summed E-state index contributed by atoms with van der Waals surface area (Å²) >= 11 is 0. The van der Waals surface area contributed by atoms with E-state index in [0.717, 1.165) is 25.8 Å². The zero-order valence-corrected chi connectivity index (χ0v) is 8.51. The molecular formula is C10H19NO2. The smallest absolute Gasteiger partial charge is 0.323 e. The molecular weight excluding hydrogens is 166 g/mol. The molecule has 1 saturated heterocycles. The highest BCUT2D eigenvalue weighted by Gasteiger charge is 2.30. The molecule has 0 aromatic heterocycles. The van der Waals surface area contributed by atoms with Crippen LogP contribution in [-0.4, -0.2) is 25.2 Å². The Morgan fingerprint density at radius 1 is 1.62 bits per heavy atom. The van der Waals surface area contributed by atoms with Gasteiger partial charge in [-0.25, -0.2) is 0 Å². The van der Waals surface area contributed by atoms with Crippen molar-refractivity contribution in [1.29, 1.82) is 0 Å². The van der Waals surface area contributed by atoms with Gasteiger partial charge in [-0.2, -0.15) is 0 Å². The number of rotatable bonds is 4. The first-order valence-electron chi connectivity index (χ1n) is 5.15. The molecule has 2 atom stereocenters. The quantitative estimate of drug-likeness (QED) is 0.530. The van der Waals surface area contributed by atoms with Crippen molar-refractivity contribution in [3.8, 4) is 0 Å². The second-order valence-electron chi connectivity index (χ2n) is 3.72. The SMILES string of the molecule is CCCCOC(=O)C1NCCC1C. The lowest BCUT2D eigenvalue weighted by atomic mass is 10.0. The first kappa shape index (κ1) is 10.5. The van der Waals surface area contributed by atoms with Gasteiger partial charge in [0, 0.05) is 0 Å². The summed E-state index contributed by atoms with van der Waals surface area (Å²) in [6, 6.07) is -0.0585. The molecule has 0 spiro atoms. The zero-order chi connectivity index (χ0) is 9.68. The molecule has 0 radical (unpaired) electrons. The third-order valence-electron chi connectivity index (χ3n) is 2.53. The van der Waals surface area contributed by atoms with Crippen molar-refractivity contribution < 1.29 is 9.53 Å². The van der Waals surface area contributed by atoms with Crippen molar-refractivity contribution in [1.82, 2.24) is 5.32 Å². The van der Waals surface area contributed by atoms with E-state index in [4.69, 9.17) is 4.74 Å². The molecule has 13 heavy (non-hydrogen) atoms. The molecule has 1 aliphatic heterocycles. The number of nitrogens with one attached hydrogen (secondary N) is 1. The summed E-state index contributed by atoms with van der Waals surface area (Å²) in [5.74, 6) is 0.354. The van der Waals surface area contributed by atoms with Gasteiger partial charge < -0.3 is 10.1 Å². The Balaban J connectivity index is 2.22. The summed E-state index contributed by atoms with van der Waals surface area (Å²) in [6.07, 6.45) is 3.11. The van der Waals surface area contributed by atoms with Crippen molar-refractivity contribution in [2.24, 2.45) is 5.92 Å². The van der Waals surface area contributed by atoms with Crippen molar-refractivity contribution >= 4 is 5.97 Å². The summed E-state index contributed by atoms with van der Waals surface area (Å²) in [4.78, 5) is 11.4. The van der Waals surface area contributed by atoms with E-state index >= 15 is 0 Å². The number of esters is 1. The van der Waals surface area contributed by atoms with Crippen LogP contribution in [0.3, 0.4) is 0 Å². The highest BCUT2D eigenvalue weighted by molar-refractivity contribution is 5.76. The molecule has 1 fully saturated rings. The molecule has 1 N–H and O–H groups in total. The van der Waals surface area contributed by atoms with Gasteiger partial charge in [0.15, 0.2) is 0 Å². The fourth-order valence-electron chi connectivity index (χ4n) is 1.56. The maximum atomic E-state index is 11.4. The van der Waals surface area contributed by atoms with Crippen LogP contribution in [0.15, 0.2) is 0 Å². The van der Waals surface area contributed by atoms with Gasteiger partial charge in [-0.05, 0) is 25.3 Å². The first-order chi connectivity index (χ1) is 6.25. The predicted molar refractivity (Wildman–Crippen MR) is 51.4 cm³/mol. The van der Waals surface area contributed by atoms with E-state index < -0.39 is 0 Å². The molecule has 0 amide bonds. The molecule has 0 saturated carbocycles. The van der Waals surface area contributed by atoms with Crippen LogP contribution in [0, 0.1) is 5.92 Å². The molecule has 1 rings (SSSR count). The maximum Gasteiger partial charge on any atom is 0.323 e. The minimum absolute atomic E-state index is 0.0585. The summed E-state index contributed by atoms with van der Waals surface area (Å²) in [5, 5.41) is 3.16. The Labute approximate surface area is 79.8 Å². The van der Waals surface area contributed by atoms with Crippen LogP contribution in [0.25, 0.3) is 0 Å². The number of unbranched alkanes of at least 4 members (excludes halogenated alkanes) is 1. The molecule has 0 bridgehead atoms. The van der Waals surface area contributed by atoms with Gasteiger partial charge in [0.1, 0.15) is 6.04 Å². The number of carbonyl (C=O) groups excluding carboxylic acids is 1. The molecule has 0 aliphatic carbocycles. The van der Waals surface area contributed by atoms with Gasteiger partial charge in [0.25, 0.3) is 0 Å². The van der Waals surface area contributed by atoms with E-state index in [1.54, 1.807) is 0 Å². The minimum atomic E-state index is -0.0709. The van der Waals surface area contributed by atoms with Gasteiger partial charge >= 0.3 is 5.97 Å². The van der Waals surface area contributed by atoms with E-state index in [2.05, 4.69) is 19.2 Å². The standard InChI is InChI=1S/C10H19NO2/c1-3-4-7-13-10(12)9-8(2)5-6-11-9/h8-9,11H,3-7H2,1-2H3. The largest absolute Gasteiger partial charge is 0.465 e.